The predicted molar refractivity (Wildman–Crippen MR) is 83.6 cm³/mol. The maximum atomic E-state index is 4.54. The van der Waals surface area contributed by atoms with Crippen molar-refractivity contribution in [2.45, 2.75) is 26.8 Å². The van der Waals surface area contributed by atoms with Crippen molar-refractivity contribution < 1.29 is 0 Å². The van der Waals surface area contributed by atoms with Crippen LogP contribution in [0.25, 0.3) is 5.69 Å². The van der Waals surface area contributed by atoms with Crippen molar-refractivity contribution in [3.8, 4) is 5.69 Å². The smallest absolute Gasteiger partial charge is 0.125 e. The molecule has 0 spiro atoms. The zero-order valence-corrected chi connectivity index (χ0v) is 12.3. The maximum Gasteiger partial charge on any atom is 0.125 e. The Morgan fingerprint density at radius 3 is 2.86 bits per heavy atom. The third kappa shape index (κ3) is 2.67. The molecule has 0 amide bonds. The van der Waals surface area contributed by atoms with Gasteiger partial charge in [0.05, 0.1) is 29.8 Å². The summed E-state index contributed by atoms with van der Waals surface area (Å²) in [6.07, 6.45) is 6.38. The number of benzene rings is 1. The van der Waals surface area contributed by atoms with Gasteiger partial charge in [-0.3, -0.25) is 0 Å². The normalized spacial score (nSPS) is 10.8. The molecule has 0 fully saturated rings. The van der Waals surface area contributed by atoms with Crippen LogP contribution in [0.4, 0.5) is 5.69 Å². The summed E-state index contributed by atoms with van der Waals surface area (Å²) >= 11 is 0. The average Bonchev–Trinajstić information content (AvgIpc) is 3.14. The molecule has 0 saturated heterocycles. The lowest BCUT2D eigenvalue weighted by molar-refractivity contribution is 0.808. The molecule has 5 nitrogen and oxygen atoms in total. The summed E-state index contributed by atoms with van der Waals surface area (Å²) in [5.74, 6) is 0.917. The Balaban J connectivity index is 1.88. The lowest BCUT2D eigenvalue weighted by Crippen LogP contribution is -2.06. The van der Waals surface area contributed by atoms with Gasteiger partial charge < -0.3 is 10.3 Å². The molecule has 0 aliphatic carbocycles. The van der Waals surface area contributed by atoms with Crippen molar-refractivity contribution in [3.63, 3.8) is 0 Å². The monoisotopic (exact) mass is 281 g/mol. The first-order valence-electron chi connectivity index (χ1n) is 7.14. The van der Waals surface area contributed by atoms with Crippen LogP contribution in [0.2, 0.25) is 0 Å². The Bertz CT molecular complexity index is 712. The Kier molecular flexibility index (Phi) is 3.73. The Morgan fingerprint density at radius 1 is 1.29 bits per heavy atom. The van der Waals surface area contributed by atoms with E-state index in [4.69, 9.17) is 0 Å². The number of rotatable bonds is 5. The summed E-state index contributed by atoms with van der Waals surface area (Å²) in [4.78, 5) is 7.31. The topological polar surface area (TPSA) is 58.5 Å². The largest absolute Gasteiger partial charge is 0.375 e. The number of hydrogen-bond acceptors (Lipinski definition) is 3. The Hall–Kier alpha value is -2.56. The number of H-pyrrole nitrogens is 1. The number of anilines is 1. The van der Waals surface area contributed by atoms with Crippen LogP contribution in [-0.2, 0) is 13.0 Å². The Labute approximate surface area is 124 Å². The minimum absolute atomic E-state index is 0.666. The summed E-state index contributed by atoms with van der Waals surface area (Å²) in [6, 6.07) is 8.29. The standard InChI is InChI=1S/C16H19N5/c1-3-14-13(19-11-16-17-8-9-18-16)10-20-21(14)15-7-5-4-6-12(15)2/h4-10,19H,3,11H2,1-2H3,(H,17,18). The summed E-state index contributed by atoms with van der Waals surface area (Å²) in [6.45, 7) is 4.91. The molecule has 2 heterocycles. The molecule has 1 aromatic carbocycles. The van der Waals surface area contributed by atoms with Gasteiger partial charge in [-0.05, 0) is 25.0 Å². The third-order valence-corrected chi connectivity index (χ3v) is 3.55. The van der Waals surface area contributed by atoms with Gasteiger partial charge in [0.2, 0.25) is 0 Å². The molecule has 0 aliphatic rings. The van der Waals surface area contributed by atoms with Gasteiger partial charge in [0, 0.05) is 12.4 Å². The lowest BCUT2D eigenvalue weighted by atomic mass is 10.2. The van der Waals surface area contributed by atoms with E-state index >= 15 is 0 Å². The van der Waals surface area contributed by atoms with Crippen molar-refractivity contribution in [1.82, 2.24) is 19.7 Å². The highest BCUT2D eigenvalue weighted by Crippen LogP contribution is 2.22. The first-order valence-corrected chi connectivity index (χ1v) is 7.14. The molecule has 0 unspecified atom stereocenters. The minimum Gasteiger partial charge on any atom is -0.375 e. The van der Waals surface area contributed by atoms with Crippen molar-refractivity contribution in [1.29, 1.82) is 0 Å². The zero-order chi connectivity index (χ0) is 14.7. The highest BCUT2D eigenvalue weighted by atomic mass is 15.3. The van der Waals surface area contributed by atoms with Crippen LogP contribution >= 0.6 is 0 Å². The molecule has 3 aromatic rings. The second-order valence-corrected chi connectivity index (χ2v) is 4.95. The van der Waals surface area contributed by atoms with E-state index in [1.54, 1.807) is 6.20 Å². The number of aromatic amines is 1. The van der Waals surface area contributed by atoms with Crippen molar-refractivity contribution in [2.24, 2.45) is 0 Å². The van der Waals surface area contributed by atoms with Gasteiger partial charge >= 0.3 is 0 Å². The highest BCUT2D eigenvalue weighted by molar-refractivity contribution is 5.51. The van der Waals surface area contributed by atoms with E-state index in [-0.39, 0.29) is 0 Å². The molecule has 0 bridgehead atoms. The van der Waals surface area contributed by atoms with E-state index in [9.17, 15) is 0 Å². The molecule has 2 N–H and O–H groups in total. The molecule has 0 saturated carbocycles. The number of nitrogens with one attached hydrogen (secondary N) is 2. The minimum atomic E-state index is 0.666. The molecular formula is C16H19N5. The maximum absolute atomic E-state index is 4.54. The van der Waals surface area contributed by atoms with E-state index in [1.165, 1.54) is 11.3 Å². The fraction of sp³-hybridized carbons (Fsp3) is 0.250. The van der Waals surface area contributed by atoms with Gasteiger partial charge in [-0.2, -0.15) is 5.10 Å². The van der Waals surface area contributed by atoms with E-state index in [0.717, 1.165) is 23.6 Å². The number of para-hydroxylation sites is 1. The number of imidazole rings is 1. The fourth-order valence-corrected chi connectivity index (χ4v) is 2.44. The van der Waals surface area contributed by atoms with Gasteiger partial charge in [0.1, 0.15) is 5.82 Å². The van der Waals surface area contributed by atoms with Gasteiger partial charge in [-0.25, -0.2) is 9.67 Å². The van der Waals surface area contributed by atoms with Crippen molar-refractivity contribution in [3.05, 3.63) is 59.9 Å². The van der Waals surface area contributed by atoms with Crippen LogP contribution in [0, 0.1) is 6.92 Å². The predicted octanol–water partition coefficient (Wildman–Crippen LogP) is 3.08. The number of hydrogen-bond donors (Lipinski definition) is 2. The second kappa shape index (κ2) is 5.83. The van der Waals surface area contributed by atoms with E-state index in [2.05, 4.69) is 46.4 Å². The Morgan fingerprint density at radius 2 is 2.14 bits per heavy atom. The summed E-state index contributed by atoms with van der Waals surface area (Å²) in [5, 5.41) is 7.94. The number of aryl methyl sites for hydroxylation is 1. The molecule has 0 aliphatic heterocycles. The first-order chi connectivity index (χ1) is 10.3. The molecule has 21 heavy (non-hydrogen) atoms. The number of nitrogens with zero attached hydrogens (tertiary/aromatic N) is 3. The van der Waals surface area contributed by atoms with Gasteiger partial charge in [-0.15, -0.1) is 0 Å². The van der Waals surface area contributed by atoms with Crippen LogP contribution in [0.1, 0.15) is 24.0 Å². The van der Waals surface area contributed by atoms with Gasteiger partial charge in [0.15, 0.2) is 0 Å². The van der Waals surface area contributed by atoms with E-state index in [0.29, 0.717) is 6.54 Å². The highest BCUT2D eigenvalue weighted by Gasteiger charge is 2.12. The molecule has 5 heteroatoms. The summed E-state index contributed by atoms with van der Waals surface area (Å²) in [7, 11) is 0. The average molecular weight is 281 g/mol. The molecule has 0 atom stereocenters. The lowest BCUT2D eigenvalue weighted by Gasteiger charge is -2.11. The molecule has 2 aromatic heterocycles. The fourth-order valence-electron chi connectivity index (χ4n) is 2.44. The summed E-state index contributed by atoms with van der Waals surface area (Å²) in [5.41, 5.74) is 4.57. The quantitative estimate of drug-likeness (QED) is 0.755. The van der Waals surface area contributed by atoms with Crippen LogP contribution < -0.4 is 5.32 Å². The van der Waals surface area contributed by atoms with Crippen LogP contribution in [-0.4, -0.2) is 19.7 Å². The van der Waals surface area contributed by atoms with Gasteiger partial charge in [-0.1, -0.05) is 25.1 Å². The SMILES string of the molecule is CCc1c(NCc2ncc[nH]2)cnn1-c1ccccc1C. The van der Waals surface area contributed by atoms with Crippen LogP contribution in [0.5, 0.6) is 0 Å². The first kappa shape index (κ1) is 13.4. The van der Waals surface area contributed by atoms with E-state index in [1.807, 2.05) is 29.2 Å². The van der Waals surface area contributed by atoms with Crippen molar-refractivity contribution >= 4 is 5.69 Å². The second-order valence-electron chi connectivity index (χ2n) is 4.95. The molecular weight excluding hydrogens is 262 g/mol. The van der Waals surface area contributed by atoms with Crippen LogP contribution in [0.15, 0.2) is 42.9 Å². The third-order valence-electron chi connectivity index (χ3n) is 3.55. The number of aromatic nitrogens is 4. The van der Waals surface area contributed by atoms with Crippen LogP contribution in [0.3, 0.4) is 0 Å². The summed E-state index contributed by atoms with van der Waals surface area (Å²) < 4.78 is 2.01. The van der Waals surface area contributed by atoms with Gasteiger partial charge in [0.25, 0.3) is 0 Å². The molecule has 108 valence electrons. The zero-order valence-electron chi connectivity index (χ0n) is 12.3. The molecule has 3 rings (SSSR count). The van der Waals surface area contributed by atoms with Crippen molar-refractivity contribution in [2.75, 3.05) is 5.32 Å². The molecule has 0 radical (unpaired) electrons. The van der Waals surface area contributed by atoms with E-state index < -0.39 is 0 Å².